The van der Waals surface area contributed by atoms with Crippen LogP contribution >= 0.6 is 15.9 Å². The molecule has 0 aliphatic heterocycles. The zero-order chi connectivity index (χ0) is 13.7. The molecule has 3 nitrogen and oxygen atoms in total. The summed E-state index contributed by atoms with van der Waals surface area (Å²) in [6.07, 6.45) is 0. The van der Waals surface area contributed by atoms with Crippen LogP contribution in [0.4, 0.5) is 5.69 Å². The average molecular weight is 322 g/mol. The number of hydrogen-bond donors (Lipinski definition) is 2. The van der Waals surface area contributed by atoms with E-state index in [-0.39, 0.29) is 6.61 Å². The Morgan fingerprint density at radius 1 is 1.21 bits per heavy atom. The summed E-state index contributed by atoms with van der Waals surface area (Å²) in [5, 5.41) is 12.4. The lowest BCUT2D eigenvalue weighted by Crippen LogP contribution is -2.02. The van der Waals surface area contributed by atoms with Crippen LogP contribution in [0.25, 0.3) is 0 Å². The highest BCUT2D eigenvalue weighted by molar-refractivity contribution is 9.10. The number of aliphatic hydroxyl groups excluding tert-OH is 1. The highest BCUT2D eigenvalue weighted by Crippen LogP contribution is 2.24. The molecule has 0 saturated carbocycles. The van der Waals surface area contributed by atoms with Crippen LogP contribution in [-0.4, -0.2) is 12.2 Å². The molecular formula is C15H16BrNO2. The molecule has 0 bridgehead atoms. The summed E-state index contributed by atoms with van der Waals surface area (Å²) in [5.74, 6) is 0.856. The number of aliphatic hydroxyl groups is 1. The van der Waals surface area contributed by atoms with Gasteiger partial charge in [-0.3, -0.25) is 0 Å². The molecule has 2 N–H and O–H groups in total. The van der Waals surface area contributed by atoms with Gasteiger partial charge in [-0.1, -0.05) is 28.1 Å². The van der Waals surface area contributed by atoms with E-state index >= 15 is 0 Å². The van der Waals surface area contributed by atoms with Crippen molar-refractivity contribution >= 4 is 21.6 Å². The van der Waals surface area contributed by atoms with E-state index in [1.54, 1.807) is 7.11 Å². The van der Waals surface area contributed by atoms with Gasteiger partial charge in [0.25, 0.3) is 0 Å². The standard InChI is InChI=1S/C15H16BrNO2/c1-19-15-6-5-13(16)8-12(15)9-17-14-4-2-3-11(7-14)10-18/h2-8,17-18H,9-10H2,1H3. The van der Waals surface area contributed by atoms with E-state index in [1.807, 2.05) is 42.5 Å². The van der Waals surface area contributed by atoms with Crippen LogP contribution in [0.5, 0.6) is 5.75 Å². The van der Waals surface area contributed by atoms with E-state index in [4.69, 9.17) is 9.84 Å². The number of rotatable bonds is 5. The van der Waals surface area contributed by atoms with Gasteiger partial charge in [-0.15, -0.1) is 0 Å². The van der Waals surface area contributed by atoms with Crippen LogP contribution in [-0.2, 0) is 13.2 Å². The first-order chi connectivity index (χ1) is 9.22. The second-order valence-corrected chi connectivity index (χ2v) is 5.08. The number of nitrogens with one attached hydrogen (secondary N) is 1. The summed E-state index contributed by atoms with van der Waals surface area (Å²) >= 11 is 3.46. The Morgan fingerprint density at radius 2 is 2.05 bits per heavy atom. The summed E-state index contributed by atoms with van der Waals surface area (Å²) in [4.78, 5) is 0. The molecule has 0 aliphatic rings. The predicted octanol–water partition coefficient (Wildman–Crippen LogP) is 3.56. The van der Waals surface area contributed by atoms with Gasteiger partial charge in [0.2, 0.25) is 0 Å². The zero-order valence-electron chi connectivity index (χ0n) is 10.7. The first-order valence-corrected chi connectivity index (χ1v) is 6.78. The van der Waals surface area contributed by atoms with Crippen LogP contribution in [0.3, 0.4) is 0 Å². The Hall–Kier alpha value is -1.52. The predicted molar refractivity (Wildman–Crippen MR) is 80.4 cm³/mol. The Morgan fingerprint density at radius 3 is 2.79 bits per heavy atom. The van der Waals surface area contributed by atoms with Crippen molar-refractivity contribution < 1.29 is 9.84 Å². The van der Waals surface area contributed by atoms with E-state index < -0.39 is 0 Å². The van der Waals surface area contributed by atoms with Crippen LogP contribution in [0, 0.1) is 0 Å². The molecule has 0 saturated heterocycles. The third kappa shape index (κ3) is 3.72. The van der Waals surface area contributed by atoms with Gasteiger partial charge in [-0.05, 0) is 35.9 Å². The fourth-order valence-electron chi connectivity index (χ4n) is 1.86. The largest absolute Gasteiger partial charge is 0.496 e. The van der Waals surface area contributed by atoms with Gasteiger partial charge in [0, 0.05) is 22.3 Å². The van der Waals surface area contributed by atoms with Crippen molar-refractivity contribution in [2.24, 2.45) is 0 Å². The second kappa shape index (κ2) is 6.59. The van der Waals surface area contributed by atoms with Gasteiger partial charge in [0.15, 0.2) is 0 Å². The van der Waals surface area contributed by atoms with Gasteiger partial charge in [0.1, 0.15) is 5.75 Å². The molecule has 100 valence electrons. The highest BCUT2D eigenvalue weighted by Gasteiger charge is 2.03. The third-order valence-corrected chi connectivity index (χ3v) is 3.33. The normalized spacial score (nSPS) is 10.3. The monoisotopic (exact) mass is 321 g/mol. The minimum absolute atomic E-state index is 0.0513. The lowest BCUT2D eigenvalue weighted by atomic mass is 10.1. The molecule has 0 atom stereocenters. The molecule has 19 heavy (non-hydrogen) atoms. The maximum Gasteiger partial charge on any atom is 0.123 e. The highest BCUT2D eigenvalue weighted by atomic mass is 79.9. The summed E-state index contributed by atoms with van der Waals surface area (Å²) in [6.45, 7) is 0.715. The first-order valence-electron chi connectivity index (χ1n) is 5.99. The molecule has 0 fully saturated rings. The smallest absolute Gasteiger partial charge is 0.123 e. The van der Waals surface area contributed by atoms with Gasteiger partial charge in [0.05, 0.1) is 13.7 Å². The Balaban J connectivity index is 2.11. The van der Waals surface area contributed by atoms with Gasteiger partial charge in [-0.2, -0.15) is 0 Å². The molecule has 0 aliphatic carbocycles. The molecule has 0 amide bonds. The number of halogens is 1. The Bertz CT molecular complexity index is 558. The summed E-state index contributed by atoms with van der Waals surface area (Å²) in [5.41, 5.74) is 2.95. The molecular weight excluding hydrogens is 306 g/mol. The van der Waals surface area contributed by atoms with E-state index in [0.29, 0.717) is 6.54 Å². The SMILES string of the molecule is COc1ccc(Br)cc1CNc1cccc(CO)c1. The maximum atomic E-state index is 9.11. The van der Waals surface area contributed by atoms with Crippen molar-refractivity contribution in [3.05, 3.63) is 58.1 Å². The number of anilines is 1. The van der Waals surface area contributed by atoms with Crippen LogP contribution in [0.2, 0.25) is 0 Å². The molecule has 0 aromatic heterocycles. The molecule has 0 radical (unpaired) electrons. The van der Waals surface area contributed by atoms with Gasteiger partial charge < -0.3 is 15.2 Å². The van der Waals surface area contributed by atoms with Crippen molar-refractivity contribution in [3.8, 4) is 5.75 Å². The number of methoxy groups -OCH3 is 1. The lowest BCUT2D eigenvalue weighted by Gasteiger charge is -2.11. The maximum absolute atomic E-state index is 9.11. The molecule has 0 heterocycles. The van der Waals surface area contributed by atoms with Crippen LogP contribution in [0.15, 0.2) is 46.9 Å². The minimum Gasteiger partial charge on any atom is -0.496 e. The summed E-state index contributed by atoms with van der Waals surface area (Å²) < 4.78 is 6.36. The van der Waals surface area contributed by atoms with Crippen LogP contribution in [0.1, 0.15) is 11.1 Å². The van der Waals surface area contributed by atoms with Crippen molar-refractivity contribution in [3.63, 3.8) is 0 Å². The van der Waals surface area contributed by atoms with Crippen molar-refractivity contribution in [1.29, 1.82) is 0 Å². The van der Waals surface area contributed by atoms with E-state index in [9.17, 15) is 0 Å². The van der Waals surface area contributed by atoms with Gasteiger partial charge >= 0.3 is 0 Å². The summed E-state index contributed by atoms with van der Waals surface area (Å²) in [7, 11) is 1.67. The molecule has 0 unspecified atom stereocenters. The molecule has 4 heteroatoms. The average Bonchev–Trinajstić information content (AvgIpc) is 2.45. The molecule has 0 spiro atoms. The minimum atomic E-state index is 0.0513. The quantitative estimate of drug-likeness (QED) is 0.884. The lowest BCUT2D eigenvalue weighted by molar-refractivity contribution is 0.282. The molecule has 2 rings (SSSR count). The number of ether oxygens (including phenoxy) is 1. The van der Waals surface area contributed by atoms with Gasteiger partial charge in [-0.25, -0.2) is 0 Å². The first kappa shape index (κ1) is 13.9. The van der Waals surface area contributed by atoms with Crippen LogP contribution < -0.4 is 10.1 Å². The second-order valence-electron chi connectivity index (χ2n) is 4.17. The topological polar surface area (TPSA) is 41.5 Å². The number of benzene rings is 2. The zero-order valence-corrected chi connectivity index (χ0v) is 12.3. The Labute approximate surface area is 121 Å². The Kier molecular flexibility index (Phi) is 4.82. The fraction of sp³-hybridized carbons (Fsp3) is 0.200. The third-order valence-electron chi connectivity index (χ3n) is 2.83. The van der Waals surface area contributed by atoms with Crippen molar-refractivity contribution in [2.75, 3.05) is 12.4 Å². The molecule has 2 aromatic carbocycles. The van der Waals surface area contributed by atoms with E-state index in [1.165, 1.54) is 0 Å². The van der Waals surface area contributed by atoms with Crippen molar-refractivity contribution in [2.45, 2.75) is 13.2 Å². The van der Waals surface area contributed by atoms with Crippen molar-refractivity contribution in [1.82, 2.24) is 0 Å². The van der Waals surface area contributed by atoms with E-state index in [2.05, 4.69) is 21.2 Å². The fourth-order valence-corrected chi connectivity index (χ4v) is 2.27. The van der Waals surface area contributed by atoms with E-state index in [0.717, 1.165) is 27.0 Å². The summed E-state index contributed by atoms with van der Waals surface area (Å²) in [6, 6.07) is 13.6. The molecule has 2 aromatic rings. The number of hydrogen-bond acceptors (Lipinski definition) is 3.